The summed E-state index contributed by atoms with van der Waals surface area (Å²) in [7, 11) is 0. The molecule has 1 aliphatic carbocycles. The molecule has 1 amide bonds. The SMILES string of the molecule is Cc1oc2c(c1C(=O)NC[C@H]1COc3ccccc3C1)C(=O)CCC2. The van der Waals surface area contributed by atoms with Crippen LogP contribution in [0.1, 0.15) is 50.6 Å². The Morgan fingerprint density at radius 1 is 1.28 bits per heavy atom. The molecule has 0 saturated heterocycles. The molecule has 0 fully saturated rings. The Hall–Kier alpha value is -2.56. The van der Waals surface area contributed by atoms with Crippen LogP contribution in [0.4, 0.5) is 0 Å². The summed E-state index contributed by atoms with van der Waals surface area (Å²) in [4.78, 5) is 24.9. The van der Waals surface area contributed by atoms with Crippen molar-refractivity contribution >= 4 is 11.7 Å². The largest absolute Gasteiger partial charge is 0.493 e. The third kappa shape index (κ3) is 2.95. The third-order valence-electron chi connectivity index (χ3n) is 4.98. The lowest BCUT2D eigenvalue weighted by atomic mass is 9.93. The molecule has 2 aromatic rings. The van der Waals surface area contributed by atoms with Gasteiger partial charge in [-0.05, 0) is 31.4 Å². The highest BCUT2D eigenvalue weighted by Gasteiger charge is 2.30. The molecule has 1 atom stereocenters. The molecule has 130 valence electrons. The monoisotopic (exact) mass is 339 g/mol. The van der Waals surface area contributed by atoms with E-state index in [0.29, 0.717) is 42.2 Å². The van der Waals surface area contributed by atoms with Crippen LogP contribution in [-0.2, 0) is 12.8 Å². The molecule has 0 unspecified atom stereocenters. The van der Waals surface area contributed by atoms with Crippen molar-refractivity contribution in [2.45, 2.75) is 32.6 Å². The summed E-state index contributed by atoms with van der Waals surface area (Å²) in [6.45, 7) is 2.85. The van der Waals surface area contributed by atoms with Crippen LogP contribution in [0, 0.1) is 12.8 Å². The van der Waals surface area contributed by atoms with Crippen LogP contribution < -0.4 is 10.1 Å². The van der Waals surface area contributed by atoms with E-state index in [1.807, 2.05) is 18.2 Å². The zero-order valence-corrected chi connectivity index (χ0v) is 14.3. The average molecular weight is 339 g/mol. The molecule has 0 spiro atoms. The van der Waals surface area contributed by atoms with Gasteiger partial charge in [0.25, 0.3) is 5.91 Å². The number of furan rings is 1. The summed E-state index contributed by atoms with van der Waals surface area (Å²) < 4.78 is 11.4. The molecule has 2 aliphatic rings. The number of aryl methyl sites for hydroxylation is 2. The molecule has 5 nitrogen and oxygen atoms in total. The Morgan fingerprint density at radius 3 is 3.00 bits per heavy atom. The molecular formula is C20H21NO4. The first-order chi connectivity index (χ1) is 12.1. The molecule has 1 aromatic heterocycles. The number of carbonyl (C=O) groups is 2. The van der Waals surface area contributed by atoms with Crippen molar-refractivity contribution in [1.82, 2.24) is 5.32 Å². The Morgan fingerprint density at radius 2 is 2.12 bits per heavy atom. The fraction of sp³-hybridized carbons (Fsp3) is 0.400. The van der Waals surface area contributed by atoms with Crippen molar-refractivity contribution in [3.63, 3.8) is 0 Å². The zero-order chi connectivity index (χ0) is 17.4. The molecule has 5 heteroatoms. The summed E-state index contributed by atoms with van der Waals surface area (Å²) in [6.07, 6.45) is 2.87. The van der Waals surface area contributed by atoms with Gasteiger partial charge in [0.15, 0.2) is 5.78 Å². The van der Waals surface area contributed by atoms with E-state index in [4.69, 9.17) is 9.15 Å². The summed E-state index contributed by atoms with van der Waals surface area (Å²) in [5, 5.41) is 2.97. The van der Waals surface area contributed by atoms with E-state index >= 15 is 0 Å². The number of amides is 1. The van der Waals surface area contributed by atoms with Gasteiger partial charge >= 0.3 is 0 Å². The number of carbonyl (C=O) groups excluding carboxylic acids is 2. The fourth-order valence-corrected chi connectivity index (χ4v) is 3.73. The number of fused-ring (bicyclic) bond motifs is 2. The highest BCUT2D eigenvalue weighted by Crippen LogP contribution is 2.30. The number of hydrogen-bond donors (Lipinski definition) is 1. The number of nitrogens with one attached hydrogen (secondary N) is 1. The second-order valence-electron chi connectivity index (χ2n) is 6.81. The van der Waals surface area contributed by atoms with Gasteiger partial charge in [0.05, 0.1) is 17.7 Å². The lowest BCUT2D eigenvalue weighted by molar-refractivity contribution is 0.0917. The minimum Gasteiger partial charge on any atom is -0.493 e. The van der Waals surface area contributed by atoms with E-state index in [9.17, 15) is 9.59 Å². The highest BCUT2D eigenvalue weighted by molar-refractivity contribution is 6.10. The highest BCUT2D eigenvalue weighted by atomic mass is 16.5. The smallest absolute Gasteiger partial charge is 0.255 e. The van der Waals surface area contributed by atoms with E-state index in [2.05, 4.69) is 11.4 Å². The van der Waals surface area contributed by atoms with E-state index in [1.165, 1.54) is 5.56 Å². The number of para-hydroxylation sites is 1. The zero-order valence-electron chi connectivity index (χ0n) is 14.3. The summed E-state index contributed by atoms with van der Waals surface area (Å²) >= 11 is 0. The molecule has 0 radical (unpaired) electrons. The number of ether oxygens (including phenoxy) is 1. The van der Waals surface area contributed by atoms with Crippen molar-refractivity contribution in [1.29, 1.82) is 0 Å². The number of Topliss-reactive ketones (excluding diaryl/α,β-unsaturated/α-hetero) is 1. The second kappa shape index (κ2) is 6.39. The summed E-state index contributed by atoms with van der Waals surface area (Å²) in [6, 6.07) is 7.98. The van der Waals surface area contributed by atoms with Crippen LogP contribution in [0.2, 0.25) is 0 Å². The van der Waals surface area contributed by atoms with Crippen LogP contribution >= 0.6 is 0 Å². The van der Waals surface area contributed by atoms with E-state index in [-0.39, 0.29) is 17.6 Å². The Kier molecular flexibility index (Phi) is 4.07. The maximum Gasteiger partial charge on any atom is 0.255 e. The van der Waals surface area contributed by atoms with Gasteiger partial charge in [0.1, 0.15) is 17.3 Å². The first-order valence-electron chi connectivity index (χ1n) is 8.78. The van der Waals surface area contributed by atoms with Crippen LogP contribution in [0.15, 0.2) is 28.7 Å². The third-order valence-corrected chi connectivity index (χ3v) is 4.98. The van der Waals surface area contributed by atoms with Crippen LogP contribution in [0.5, 0.6) is 5.75 Å². The first-order valence-corrected chi connectivity index (χ1v) is 8.78. The van der Waals surface area contributed by atoms with Crippen molar-refractivity contribution < 1.29 is 18.7 Å². The predicted octanol–water partition coefficient (Wildman–Crippen LogP) is 3.09. The van der Waals surface area contributed by atoms with Gasteiger partial charge < -0.3 is 14.5 Å². The molecule has 1 aromatic carbocycles. The lowest BCUT2D eigenvalue weighted by Crippen LogP contribution is -2.35. The molecule has 2 heterocycles. The second-order valence-corrected chi connectivity index (χ2v) is 6.81. The first kappa shape index (κ1) is 15.9. The minimum absolute atomic E-state index is 0.0122. The van der Waals surface area contributed by atoms with E-state index in [0.717, 1.165) is 25.0 Å². The predicted molar refractivity (Wildman–Crippen MR) is 92.2 cm³/mol. The van der Waals surface area contributed by atoms with Crippen LogP contribution in [0.25, 0.3) is 0 Å². The van der Waals surface area contributed by atoms with Gasteiger partial charge in [-0.1, -0.05) is 18.2 Å². The topological polar surface area (TPSA) is 68.5 Å². The van der Waals surface area contributed by atoms with Gasteiger partial charge in [-0.3, -0.25) is 9.59 Å². The molecule has 25 heavy (non-hydrogen) atoms. The van der Waals surface area contributed by atoms with Crippen LogP contribution in [-0.4, -0.2) is 24.8 Å². The van der Waals surface area contributed by atoms with Crippen molar-refractivity contribution in [2.75, 3.05) is 13.2 Å². The lowest BCUT2D eigenvalue weighted by Gasteiger charge is -2.25. The summed E-state index contributed by atoms with van der Waals surface area (Å²) in [5.74, 6) is 2.12. The van der Waals surface area contributed by atoms with Gasteiger partial charge in [0.2, 0.25) is 0 Å². The molecule has 0 saturated carbocycles. The molecule has 4 rings (SSSR count). The number of rotatable bonds is 3. The number of hydrogen-bond acceptors (Lipinski definition) is 4. The van der Waals surface area contributed by atoms with Crippen molar-refractivity contribution in [2.24, 2.45) is 5.92 Å². The fourth-order valence-electron chi connectivity index (χ4n) is 3.73. The standard InChI is InChI=1S/C20H21NO4/c1-12-18(19-15(22)6-4-8-17(19)25-12)20(23)21-10-13-9-14-5-2-3-7-16(14)24-11-13/h2-3,5,7,13H,4,6,8-11H2,1H3,(H,21,23)/t13-/m0/s1. The molecule has 0 bridgehead atoms. The maximum atomic E-state index is 12.7. The number of benzene rings is 1. The minimum atomic E-state index is -0.225. The summed E-state index contributed by atoms with van der Waals surface area (Å²) in [5.41, 5.74) is 2.07. The van der Waals surface area contributed by atoms with Gasteiger partial charge in [-0.15, -0.1) is 0 Å². The molecule has 1 N–H and O–H groups in total. The van der Waals surface area contributed by atoms with E-state index in [1.54, 1.807) is 6.92 Å². The Bertz CT molecular complexity index is 836. The van der Waals surface area contributed by atoms with Gasteiger partial charge in [-0.25, -0.2) is 0 Å². The maximum absolute atomic E-state index is 12.7. The average Bonchev–Trinajstić information content (AvgIpc) is 2.97. The van der Waals surface area contributed by atoms with E-state index < -0.39 is 0 Å². The Labute approximate surface area is 146 Å². The van der Waals surface area contributed by atoms with Crippen molar-refractivity contribution in [3.05, 3.63) is 52.5 Å². The molecular weight excluding hydrogens is 318 g/mol. The van der Waals surface area contributed by atoms with Crippen molar-refractivity contribution in [3.8, 4) is 5.75 Å². The molecule has 1 aliphatic heterocycles. The normalized spacial score (nSPS) is 18.9. The van der Waals surface area contributed by atoms with Crippen LogP contribution in [0.3, 0.4) is 0 Å². The van der Waals surface area contributed by atoms with Gasteiger partial charge in [-0.2, -0.15) is 0 Å². The van der Waals surface area contributed by atoms with Gasteiger partial charge in [0, 0.05) is 25.3 Å². The Balaban J connectivity index is 1.45. The number of ketones is 1. The quantitative estimate of drug-likeness (QED) is 0.933.